The second-order valence-corrected chi connectivity index (χ2v) is 7.49. The minimum Gasteiger partial charge on any atom is -0.324 e. The summed E-state index contributed by atoms with van der Waals surface area (Å²) in [5.74, 6) is -1.61. The highest BCUT2D eigenvalue weighted by Gasteiger charge is 2.68. The molecule has 0 spiro atoms. The van der Waals surface area contributed by atoms with Crippen molar-refractivity contribution in [2.75, 3.05) is 0 Å². The second-order valence-electron chi connectivity index (χ2n) is 7.49. The Morgan fingerprint density at radius 2 is 1.59 bits per heavy atom. The maximum absolute atomic E-state index is 9.62. The first kappa shape index (κ1) is 14.5. The summed E-state index contributed by atoms with van der Waals surface area (Å²) in [6.07, 6.45) is 7.86. The summed E-state index contributed by atoms with van der Waals surface area (Å²) >= 11 is 0. The van der Waals surface area contributed by atoms with E-state index in [1.54, 1.807) is 0 Å². The summed E-state index contributed by atoms with van der Waals surface area (Å²) in [7, 11) is 0. The minimum absolute atomic E-state index is 0.128. The van der Waals surface area contributed by atoms with E-state index in [1.165, 1.54) is 6.42 Å². The number of hydrogen-bond donors (Lipinski definition) is 0. The summed E-state index contributed by atoms with van der Waals surface area (Å²) in [6, 6.07) is 4.55. The van der Waals surface area contributed by atoms with Gasteiger partial charge < -0.3 is 14.2 Å². The number of nitrogens with zero attached hydrogens (tertiary/aromatic N) is 2. The molecule has 5 heteroatoms. The molecule has 118 valence electrons. The lowest BCUT2D eigenvalue weighted by Gasteiger charge is -2.66. The highest BCUT2D eigenvalue weighted by molar-refractivity contribution is 5.20. The lowest BCUT2D eigenvalue weighted by atomic mass is 9.52. The fourth-order valence-electron chi connectivity index (χ4n) is 5.55. The van der Waals surface area contributed by atoms with Crippen molar-refractivity contribution in [1.29, 1.82) is 10.5 Å². The van der Waals surface area contributed by atoms with Crippen LogP contribution in [-0.2, 0) is 14.2 Å². The van der Waals surface area contributed by atoms with E-state index in [4.69, 9.17) is 14.2 Å². The van der Waals surface area contributed by atoms with E-state index < -0.39 is 17.5 Å². The van der Waals surface area contributed by atoms with Gasteiger partial charge in [0.1, 0.15) is 5.92 Å². The molecule has 0 radical (unpaired) electrons. The third kappa shape index (κ3) is 1.80. The van der Waals surface area contributed by atoms with Crippen molar-refractivity contribution < 1.29 is 14.2 Å². The van der Waals surface area contributed by atoms with Crippen LogP contribution in [0.3, 0.4) is 0 Å². The van der Waals surface area contributed by atoms with Gasteiger partial charge in [0.05, 0.1) is 29.9 Å². The normalized spacial score (nSPS) is 45.5. The van der Waals surface area contributed by atoms with E-state index in [2.05, 4.69) is 12.1 Å². The summed E-state index contributed by atoms with van der Waals surface area (Å²) in [6.45, 7) is 1.84. The fourth-order valence-corrected chi connectivity index (χ4v) is 5.55. The van der Waals surface area contributed by atoms with Crippen LogP contribution in [0.5, 0.6) is 0 Å². The summed E-state index contributed by atoms with van der Waals surface area (Å²) < 4.78 is 18.2. The van der Waals surface area contributed by atoms with Crippen molar-refractivity contribution in [3.05, 3.63) is 0 Å². The van der Waals surface area contributed by atoms with Gasteiger partial charge in [-0.15, -0.1) is 0 Å². The zero-order chi connectivity index (χ0) is 15.4. The second kappa shape index (κ2) is 4.68. The number of ether oxygens (including phenoxy) is 3. The molecular formula is C17H22N2O3. The van der Waals surface area contributed by atoms with Gasteiger partial charge >= 0.3 is 0 Å². The molecule has 5 aliphatic rings. The fraction of sp³-hybridized carbons (Fsp3) is 0.882. The quantitative estimate of drug-likeness (QED) is 0.783. The van der Waals surface area contributed by atoms with E-state index >= 15 is 0 Å². The molecular weight excluding hydrogens is 280 g/mol. The van der Waals surface area contributed by atoms with E-state index in [0.29, 0.717) is 0 Å². The van der Waals surface area contributed by atoms with Gasteiger partial charge in [-0.3, -0.25) is 0 Å². The molecule has 22 heavy (non-hydrogen) atoms. The Bertz CT molecular complexity index is 527. The Balaban J connectivity index is 1.79. The topological polar surface area (TPSA) is 75.3 Å². The lowest BCUT2D eigenvalue weighted by Crippen LogP contribution is -2.72. The van der Waals surface area contributed by atoms with Crippen molar-refractivity contribution in [2.24, 2.45) is 11.3 Å². The highest BCUT2D eigenvalue weighted by atomic mass is 16.9. The Kier molecular flexibility index (Phi) is 3.07. The summed E-state index contributed by atoms with van der Waals surface area (Å²) in [5.41, 5.74) is -0.817. The molecule has 5 nitrogen and oxygen atoms in total. The van der Waals surface area contributed by atoms with Gasteiger partial charge in [-0.05, 0) is 12.8 Å². The Morgan fingerprint density at radius 3 is 2.09 bits per heavy atom. The molecule has 0 N–H and O–H groups in total. The van der Waals surface area contributed by atoms with E-state index in [9.17, 15) is 10.5 Å². The van der Waals surface area contributed by atoms with Gasteiger partial charge in [-0.2, -0.15) is 10.5 Å². The third-order valence-electron chi connectivity index (χ3n) is 6.25. The lowest BCUT2D eigenvalue weighted by molar-refractivity contribution is -0.523. The van der Waals surface area contributed by atoms with Crippen LogP contribution in [-0.4, -0.2) is 23.8 Å². The van der Waals surface area contributed by atoms with Crippen LogP contribution in [0.2, 0.25) is 0 Å². The van der Waals surface area contributed by atoms with E-state index in [1.807, 2.05) is 6.92 Å². The van der Waals surface area contributed by atoms with Gasteiger partial charge in [0.25, 0.3) is 5.97 Å². The van der Waals surface area contributed by atoms with Crippen LogP contribution in [0, 0.1) is 34.0 Å². The van der Waals surface area contributed by atoms with Gasteiger partial charge in [0, 0.05) is 31.6 Å². The van der Waals surface area contributed by atoms with Crippen LogP contribution in [0.4, 0.5) is 0 Å². The Hall–Kier alpha value is -1.14. The summed E-state index contributed by atoms with van der Waals surface area (Å²) in [5, 5.41) is 19.2. The molecule has 2 unspecified atom stereocenters. The zero-order valence-corrected chi connectivity index (χ0v) is 13.0. The van der Waals surface area contributed by atoms with Crippen molar-refractivity contribution >= 4 is 0 Å². The van der Waals surface area contributed by atoms with Crippen LogP contribution in [0.25, 0.3) is 0 Å². The van der Waals surface area contributed by atoms with Crippen molar-refractivity contribution in [1.82, 2.24) is 0 Å². The van der Waals surface area contributed by atoms with Crippen molar-refractivity contribution in [3.63, 3.8) is 0 Å². The van der Waals surface area contributed by atoms with Crippen molar-refractivity contribution in [3.8, 4) is 12.1 Å². The van der Waals surface area contributed by atoms with Gasteiger partial charge in [-0.1, -0.05) is 19.3 Å². The highest BCUT2D eigenvalue weighted by Crippen LogP contribution is 2.63. The smallest absolute Gasteiger partial charge is 0.280 e. The molecule has 2 saturated carbocycles. The number of nitriles is 2. The average Bonchev–Trinajstić information content (AvgIpc) is 2.47. The zero-order valence-electron chi connectivity index (χ0n) is 13.0. The summed E-state index contributed by atoms with van der Waals surface area (Å²) in [4.78, 5) is 0. The minimum atomic E-state index is -0.996. The molecule has 5 fully saturated rings. The molecule has 4 atom stereocenters. The predicted octanol–water partition coefficient (Wildman–Crippen LogP) is 3.01. The molecule has 0 amide bonds. The van der Waals surface area contributed by atoms with Crippen molar-refractivity contribution in [2.45, 2.75) is 82.1 Å². The molecule has 4 bridgehead atoms. The first-order valence-corrected chi connectivity index (χ1v) is 8.40. The molecule has 3 heterocycles. The molecule has 3 aliphatic heterocycles. The monoisotopic (exact) mass is 302 g/mol. The van der Waals surface area contributed by atoms with Gasteiger partial charge in [-0.25, -0.2) is 0 Å². The molecule has 2 aliphatic carbocycles. The number of rotatable bonds is 2. The van der Waals surface area contributed by atoms with Crippen LogP contribution in [0.15, 0.2) is 0 Å². The van der Waals surface area contributed by atoms with Crippen LogP contribution < -0.4 is 0 Å². The van der Waals surface area contributed by atoms with Gasteiger partial charge in [0.15, 0.2) is 0 Å². The maximum Gasteiger partial charge on any atom is 0.280 e. The molecule has 0 aromatic rings. The maximum atomic E-state index is 9.62. The van der Waals surface area contributed by atoms with Crippen LogP contribution in [0.1, 0.15) is 58.3 Å². The molecule has 3 saturated heterocycles. The van der Waals surface area contributed by atoms with E-state index in [-0.39, 0.29) is 17.6 Å². The standard InChI is InChI=1S/C17H22N2O3/c1-15-20-13-7-14(21-15)9-17(8-13,22-15)16(12(10-18)11-19)5-3-2-4-6-16/h12-14H,2-9H2,1H3/t13-,14+,15?,17?. The number of hydrogen-bond acceptors (Lipinski definition) is 5. The molecule has 0 aromatic heterocycles. The Labute approximate surface area is 131 Å². The van der Waals surface area contributed by atoms with Gasteiger partial charge in [0.2, 0.25) is 0 Å². The Morgan fingerprint density at radius 1 is 1.00 bits per heavy atom. The average molecular weight is 302 g/mol. The molecule has 0 aromatic carbocycles. The van der Waals surface area contributed by atoms with Crippen LogP contribution >= 0.6 is 0 Å². The largest absolute Gasteiger partial charge is 0.324 e. The third-order valence-corrected chi connectivity index (χ3v) is 6.25. The first-order valence-electron chi connectivity index (χ1n) is 8.40. The van der Waals surface area contributed by atoms with E-state index in [0.717, 1.165) is 44.9 Å². The predicted molar refractivity (Wildman–Crippen MR) is 76.1 cm³/mol. The SMILES string of the molecule is CC12O[C@@H]3C[C@@H](CC(C4(C(C#N)C#N)CCCCC4)(C3)O1)O2. The molecule has 5 rings (SSSR count). The first-order chi connectivity index (χ1) is 10.5.